The predicted molar refractivity (Wildman–Crippen MR) is 117 cm³/mol. The van der Waals surface area contributed by atoms with Crippen LogP contribution in [0.4, 0.5) is 0 Å². The lowest BCUT2D eigenvalue weighted by Gasteiger charge is -2.30. The monoisotopic (exact) mass is 466 g/mol. The normalized spacial score (nSPS) is 19.6. The number of likely N-dealkylation sites (N-methyl/N-ethyl adjacent to an activating group) is 1. The molecule has 25 heavy (non-hydrogen) atoms. The van der Waals surface area contributed by atoms with Crippen molar-refractivity contribution in [3.8, 4) is 0 Å². The number of rotatable bonds is 10. The summed E-state index contributed by atoms with van der Waals surface area (Å²) < 4.78 is 5.71. The van der Waals surface area contributed by atoms with Crippen LogP contribution in [0.25, 0.3) is 0 Å². The quantitative estimate of drug-likeness (QED) is 0.233. The van der Waals surface area contributed by atoms with Crippen molar-refractivity contribution < 1.29 is 4.74 Å². The average Bonchev–Trinajstić information content (AvgIpc) is 3.41. The number of ether oxygens (including phenoxy) is 1. The number of hydrogen-bond acceptors (Lipinski definition) is 3. The van der Waals surface area contributed by atoms with E-state index in [0.717, 1.165) is 44.1 Å². The molecule has 1 saturated heterocycles. The molecule has 2 fully saturated rings. The summed E-state index contributed by atoms with van der Waals surface area (Å²) >= 11 is 0. The van der Waals surface area contributed by atoms with Gasteiger partial charge in [-0.25, -0.2) is 0 Å². The second kappa shape index (κ2) is 13.1. The number of piperidine rings is 1. The van der Waals surface area contributed by atoms with Gasteiger partial charge in [-0.3, -0.25) is 4.99 Å². The molecular weight excluding hydrogens is 427 g/mol. The first-order valence-corrected chi connectivity index (χ1v) is 9.91. The smallest absolute Gasteiger partial charge is 0.193 e. The van der Waals surface area contributed by atoms with Gasteiger partial charge in [0.25, 0.3) is 0 Å². The summed E-state index contributed by atoms with van der Waals surface area (Å²) in [6.45, 7) is 9.84. The van der Waals surface area contributed by atoms with E-state index in [-0.39, 0.29) is 24.0 Å². The fourth-order valence-corrected chi connectivity index (χ4v) is 3.17. The minimum absolute atomic E-state index is 0. The lowest BCUT2D eigenvalue weighted by Crippen LogP contribution is -2.41. The molecular formula is C19H39IN4O. The molecule has 1 saturated carbocycles. The molecule has 0 unspecified atom stereocenters. The van der Waals surface area contributed by atoms with Crippen LogP contribution >= 0.6 is 24.0 Å². The van der Waals surface area contributed by atoms with Crippen molar-refractivity contribution in [2.75, 3.05) is 60.0 Å². The molecule has 0 radical (unpaired) electrons. The Bertz CT molecular complexity index is 368. The summed E-state index contributed by atoms with van der Waals surface area (Å²) in [4.78, 5) is 9.16. The Morgan fingerprint density at radius 2 is 1.92 bits per heavy atom. The van der Waals surface area contributed by atoms with Crippen LogP contribution in [0.5, 0.6) is 0 Å². The molecule has 1 heterocycles. The van der Waals surface area contributed by atoms with Crippen LogP contribution in [-0.4, -0.2) is 75.8 Å². The van der Waals surface area contributed by atoms with Crippen molar-refractivity contribution in [2.24, 2.45) is 16.8 Å². The number of nitrogens with zero attached hydrogens (tertiary/aromatic N) is 3. The lowest BCUT2D eigenvalue weighted by atomic mass is 9.99. The number of halogens is 1. The molecule has 2 rings (SSSR count). The van der Waals surface area contributed by atoms with Crippen molar-refractivity contribution in [2.45, 2.75) is 45.4 Å². The first kappa shape index (κ1) is 23.0. The molecule has 0 aromatic rings. The van der Waals surface area contributed by atoms with E-state index in [9.17, 15) is 0 Å². The Labute approximate surface area is 172 Å². The Balaban J connectivity index is 0.00000312. The summed E-state index contributed by atoms with van der Waals surface area (Å²) in [6, 6.07) is 0. The van der Waals surface area contributed by atoms with Gasteiger partial charge in [0.1, 0.15) is 0 Å². The van der Waals surface area contributed by atoms with E-state index in [1.165, 1.54) is 58.2 Å². The van der Waals surface area contributed by atoms with Gasteiger partial charge >= 0.3 is 0 Å². The fraction of sp³-hybridized carbons (Fsp3) is 0.947. The first-order valence-electron chi connectivity index (χ1n) is 9.91. The minimum atomic E-state index is 0. The molecule has 1 aliphatic carbocycles. The van der Waals surface area contributed by atoms with Crippen LogP contribution < -0.4 is 5.32 Å². The highest BCUT2D eigenvalue weighted by molar-refractivity contribution is 14.0. The molecule has 5 nitrogen and oxygen atoms in total. The van der Waals surface area contributed by atoms with Gasteiger partial charge in [0.15, 0.2) is 5.96 Å². The van der Waals surface area contributed by atoms with Crippen molar-refractivity contribution in [1.29, 1.82) is 0 Å². The van der Waals surface area contributed by atoms with Gasteiger partial charge in [0.2, 0.25) is 0 Å². The highest BCUT2D eigenvalue weighted by atomic mass is 127. The van der Waals surface area contributed by atoms with Crippen LogP contribution in [0.2, 0.25) is 0 Å². The van der Waals surface area contributed by atoms with Crippen molar-refractivity contribution in [1.82, 2.24) is 15.1 Å². The van der Waals surface area contributed by atoms with Crippen LogP contribution in [0.3, 0.4) is 0 Å². The van der Waals surface area contributed by atoms with Gasteiger partial charge in [-0.05, 0) is 70.0 Å². The third kappa shape index (κ3) is 9.99. The molecule has 0 bridgehead atoms. The van der Waals surface area contributed by atoms with Gasteiger partial charge < -0.3 is 19.9 Å². The molecule has 0 aromatic heterocycles. The molecule has 0 atom stereocenters. The molecule has 0 amide bonds. The zero-order chi connectivity index (χ0) is 17.2. The minimum Gasteiger partial charge on any atom is -0.379 e. The maximum absolute atomic E-state index is 5.71. The van der Waals surface area contributed by atoms with Gasteiger partial charge in [0, 0.05) is 33.8 Å². The highest BCUT2D eigenvalue weighted by Gasteiger charge is 2.21. The summed E-state index contributed by atoms with van der Waals surface area (Å²) in [5.74, 6) is 2.75. The number of unbranched alkanes of at least 4 members (excludes halogenated alkanes) is 1. The summed E-state index contributed by atoms with van der Waals surface area (Å²) in [5, 5.41) is 3.48. The number of guanidine groups is 1. The predicted octanol–water partition coefficient (Wildman–Crippen LogP) is 3.05. The molecule has 148 valence electrons. The Morgan fingerprint density at radius 3 is 2.56 bits per heavy atom. The van der Waals surface area contributed by atoms with E-state index < -0.39 is 0 Å². The van der Waals surface area contributed by atoms with Gasteiger partial charge in [0.05, 0.1) is 6.61 Å². The zero-order valence-electron chi connectivity index (χ0n) is 16.5. The van der Waals surface area contributed by atoms with Crippen molar-refractivity contribution >= 4 is 29.9 Å². The molecule has 2 aliphatic rings. The van der Waals surface area contributed by atoms with E-state index in [2.05, 4.69) is 34.1 Å². The van der Waals surface area contributed by atoms with Crippen molar-refractivity contribution in [3.63, 3.8) is 0 Å². The second-order valence-electron chi connectivity index (χ2n) is 7.65. The standard InChI is InChI=1S/C19H38N4O.HI/c1-17-8-12-23(13-9-17)11-5-4-10-21-19(20-2)22(3)14-15-24-16-18-6-7-18;/h17-18H,4-16H2,1-3H3,(H,20,21);1H. The van der Waals surface area contributed by atoms with Crippen LogP contribution in [0.15, 0.2) is 4.99 Å². The third-order valence-corrected chi connectivity index (χ3v) is 5.26. The van der Waals surface area contributed by atoms with Crippen LogP contribution in [0, 0.1) is 11.8 Å². The topological polar surface area (TPSA) is 40.1 Å². The Kier molecular flexibility index (Phi) is 12.1. The number of hydrogen-bond donors (Lipinski definition) is 1. The fourth-order valence-electron chi connectivity index (χ4n) is 3.17. The molecule has 1 aliphatic heterocycles. The maximum atomic E-state index is 5.71. The Morgan fingerprint density at radius 1 is 1.20 bits per heavy atom. The summed E-state index contributed by atoms with van der Waals surface area (Å²) in [6.07, 6.45) is 7.94. The number of nitrogens with one attached hydrogen (secondary N) is 1. The van der Waals surface area contributed by atoms with E-state index >= 15 is 0 Å². The maximum Gasteiger partial charge on any atom is 0.193 e. The summed E-state index contributed by atoms with van der Waals surface area (Å²) in [7, 11) is 3.95. The van der Waals surface area contributed by atoms with Crippen LogP contribution in [0.1, 0.15) is 45.4 Å². The largest absolute Gasteiger partial charge is 0.379 e. The molecule has 6 heteroatoms. The van der Waals surface area contributed by atoms with Crippen molar-refractivity contribution in [3.05, 3.63) is 0 Å². The molecule has 0 aromatic carbocycles. The van der Waals surface area contributed by atoms with Gasteiger partial charge in [-0.15, -0.1) is 24.0 Å². The molecule has 1 N–H and O–H groups in total. The van der Waals surface area contributed by atoms with E-state index in [1.807, 2.05) is 7.05 Å². The second-order valence-corrected chi connectivity index (χ2v) is 7.65. The third-order valence-electron chi connectivity index (χ3n) is 5.26. The van der Waals surface area contributed by atoms with E-state index in [4.69, 9.17) is 4.74 Å². The summed E-state index contributed by atoms with van der Waals surface area (Å²) in [5.41, 5.74) is 0. The number of likely N-dealkylation sites (tertiary alicyclic amines) is 1. The lowest BCUT2D eigenvalue weighted by molar-refractivity contribution is 0.115. The van der Waals surface area contributed by atoms with E-state index in [1.54, 1.807) is 0 Å². The number of aliphatic imine (C=N–C) groups is 1. The average molecular weight is 466 g/mol. The Hall–Kier alpha value is -0.0800. The van der Waals surface area contributed by atoms with E-state index in [0.29, 0.717) is 0 Å². The van der Waals surface area contributed by atoms with Gasteiger partial charge in [-0.2, -0.15) is 0 Å². The molecule has 0 spiro atoms. The first-order chi connectivity index (χ1) is 11.7. The van der Waals surface area contributed by atoms with Crippen LogP contribution in [-0.2, 0) is 4.74 Å². The zero-order valence-corrected chi connectivity index (χ0v) is 18.8. The highest BCUT2D eigenvalue weighted by Crippen LogP contribution is 2.28. The SMILES string of the molecule is CN=C(NCCCCN1CCC(C)CC1)N(C)CCOCC1CC1.I. The van der Waals surface area contributed by atoms with Gasteiger partial charge in [-0.1, -0.05) is 6.92 Å².